The highest BCUT2D eigenvalue weighted by atomic mass is 16.6. The molecule has 206 valence electrons. The first kappa shape index (κ1) is 26.0. The van der Waals surface area contributed by atoms with Crippen LogP contribution < -0.4 is 0 Å². The molecule has 0 spiro atoms. The number of allylic oxidation sites excluding steroid dienone is 2. The molecule has 0 amide bonds. The molecule has 1 N–H and O–H groups in total. The topological polar surface area (TPSA) is 72.8 Å². The van der Waals surface area contributed by atoms with E-state index in [0.717, 1.165) is 57.8 Å². The summed E-state index contributed by atoms with van der Waals surface area (Å²) in [6.45, 7) is 14.7. The maximum atomic E-state index is 14.4. The van der Waals surface area contributed by atoms with Gasteiger partial charge in [0.15, 0.2) is 11.6 Å². The molecule has 5 aliphatic carbocycles. The summed E-state index contributed by atoms with van der Waals surface area (Å²) in [6, 6.07) is 0. The zero-order valence-corrected chi connectivity index (χ0v) is 24.2. The van der Waals surface area contributed by atoms with Crippen molar-refractivity contribution < 1.29 is 24.2 Å². The van der Waals surface area contributed by atoms with Crippen LogP contribution in [-0.4, -0.2) is 36.4 Å². The standard InChI is InChI=1S/C32H48O5/c1-26(2)10-13-31(25(34)36-7)14-12-30(6)24(20(31)19-26)21(33)18-23-27(3)11-15-32(35)29(5,16-17-37-32)22(27)8-9-28(23,30)4/h18,20,22,24,35H,8-17,19H2,1-7H3/t20-,22?,24-,27-,28+,29-,30+,31-,32+/m0/s1. The van der Waals surface area contributed by atoms with Gasteiger partial charge in [-0.25, -0.2) is 0 Å². The molecule has 5 nitrogen and oxygen atoms in total. The molecule has 6 rings (SSSR count). The van der Waals surface area contributed by atoms with E-state index in [4.69, 9.17) is 9.47 Å². The Kier molecular flexibility index (Phi) is 5.28. The molecule has 4 saturated carbocycles. The van der Waals surface area contributed by atoms with Crippen molar-refractivity contribution >= 4 is 11.8 Å². The largest absolute Gasteiger partial charge is 0.469 e. The van der Waals surface area contributed by atoms with Gasteiger partial charge in [-0.15, -0.1) is 0 Å². The number of fused-ring (bicyclic) bond motifs is 9. The number of ether oxygens (including phenoxy) is 2. The van der Waals surface area contributed by atoms with Gasteiger partial charge >= 0.3 is 5.97 Å². The van der Waals surface area contributed by atoms with E-state index in [0.29, 0.717) is 18.9 Å². The number of carbonyl (C=O) groups excluding carboxylic acids is 2. The van der Waals surface area contributed by atoms with E-state index in [9.17, 15) is 14.7 Å². The van der Waals surface area contributed by atoms with Gasteiger partial charge in [0.2, 0.25) is 0 Å². The molecule has 5 heteroatoms. The molecule has 1 aliphatic heterocycles. The summed E-state index contributed by atoms with van der Waals surface area (Å²) in [7, 11) is 1.52. The van der Waals surface area contributed by atoms with Crippen molar-refractivity contribution in [2.24, 2.45) is 50.2 Å². The summed E-state index contributed by atoms with van der Waals surface area (Å²) in [5, 5.41) is 11.5. The molecule has 0 aromatic rings. The fraction of sp³-hybridized carbons (Fsp3) is 0.875. The van der Waals surface area contributed by atoms with Crippen LogP contribution in [0.25, 0.3) is 0 Å². The molecule has 6 aliphatic rings. The van der Waals surface area contributed by atoms with Crippen LogP contribution in [0.3, 0.4) is 0 Å². The zero-order chi connectivity index (χ0) is 26.9. The quantitative estimate of drug-likeness (QED) is 0.422. The molecular weight excluding hydrogens is 464 g/mol. The maximum Gasteiger partial charge on any atom is 0.312 e. The van der Waals surface area contributed by atoms with Crippen molar-refractivity contribution in [3.63, 3.8) is 0 Å². The Morgan fingerprint density at radius 1 is 0.946 bits per heavy atom. The lowest BCUT2D eigenvalue weighted by atomic mass is 9.33. The Hall–Kier alpha value is -1.20. The highest BCUT2D eigenvalue weighted by Crippen LogP contribution is 2.76. The van der Waals surface area contributed by atoms with Crippen molar-refractivity contribution in [3.05, 3.63) is 11.6 Å². The molecule has 1 heterocycles. The first-order valence-electron chi connectivity index (χ1n) is 14.8. The summed E-state index contributed by atoms with van der Waals surface area (Å²) in [5.74, 6) is -0.748. The second kappa shape index (κ2) is 7.50. The highest BCUT2D eigenvalue weighted by molar-refractivity contribution is 5.96. The summed E-state index contributed by atoms with van der Waals surface area (Å²) in [4.78, 5) is 27.8. The average Bonchev–Trinajstić information content (AvgIpc) is 3.14. The van der Waals surface area contributed by atoms with Crippen LogP contribution in [0.4, 0.5) is 0 Å². The number of hydrogen-bond acceptors (Lipinski definition) is 5. The van der Waals surface area contributed by atoms with E-state index < -0.39 is 11.2 Å². The second-order valence-corrected chi connectivity index (χ2v) is 15.6. The van der Waals surface area contributed by atoms with Gasteiger partial charge in [-0.1, -0.05) is 47.1 Å². The van der Waals surface area contributed by atoms with Gasteiger partial charge in [-0.3, -0.25) is 9.59 Å². The van der Waals surface area contributed by atoms with Crippen LogP contribution >= 0.6 is 0 Å². The van der Waals surface area contributed by atoms with E-state index in [2.05, 4.69) is 47.6 Å². The van der Waals surface area contributed by atoms with E-state index in [1.165, 1.54) is 12.7 Å². The van der Waals surface area contributed by atoms with Crippen LogP contribution in [-0.2, 0) is 19.1 Å². The number of rotatable bonds is 1. The number of hydrogen-bond donors (Lipinski definition) is 1. The molecule has 37 heavy (non-hydrogen) atoms. The third kappa shape index (κ3) is 2.94. The molecule has 0 aromatic carbocycles. The van der Waals surface area contributed by atoms with Gasteiger partial charge in [0, 0.05) is 17.8 Å². The Labute approximate surface area is 223 Å². The van der Waals surface area contributed by atoms with Gasteiger partial charge in [0.05, 0.1) is 19.1 Å². The number of carbonyl (C=O) groups is 2. The van der Waals surface area contributed by atoms with Crippen molar-refractivity contribution in [2.45, 2.75) is 112 Å². The van der Waals surface area contributed by atoms with E-state index in [-0.39, 0.29) is 50.7 Å². The van der Waals surface area contributed by atoms with Crippen LogP contribution in [0.15, 0.2) is 11.6 Å². The predicted molar refractivity (Wildman–Crippen MR) is 141 cm³/mol. The van der Waals surface area contributed by atoms with Crippen molar-refractivity contribution in [1.82, 2.24) is 0 Å². The lowest BCUT2D eigenvalue weighted by Crippen LogP contribution is -2.67. The predicted octanol–water partition coefficient (Wildman–Crippen LogP) is 6.23. The fourth-order valence-electron chi connectivity index (χ4n) is 11.4. The van der Waals surface area contributed by atoms with Crippen molar-refractivity contribution in [3.8, 4) is 0 Å². The van der Waals surface area contributed by atoms with Crippen LogP contribution in [0.2, 0.25) is 0 Å². The molecule has 5 fully saturated rings. The number of aliphatic hydroxyl groups is 1. The molecule has 0 bridgehead atoms. The van der Waals surface area contributed by atoms with E-state index >= 15 is 0 Å². The van der Waals surface area contributed by atoms with Crippen LogP contribution in [0.5, 0.6) is 0 Å². The minimum Gasteiger partial charge on any atom is -0.469 e. The second-order valence-electron chi connectivity index (χ2n) is 15.6. The third-order valence-corrected chi connectivity index (χ3v) is 13.9. The van der Waals surface area contributed by atoms with Gasteiger partial charge < -0.3 is 14.6 Å². The Morgan fingerprint density at radius 3 is 2.35 bits per heavy atom. The van der Waals surface area contributed by atoms with Crippen molar-refractivity contribution in [1.29, 1.82) is 0 Å². The van der Waals surface area contributed by atoms with Gasteiger partial charge in [0.1, 0.15) is 0 Å². The van der Waals surface area contributed by atoms with E-state index in [1.54, 1.807) is 0 Å². The maximum absolute atomic E-state index is 14.4. The third-order valence-electron chi connectivity index (χ3n) is 13.9. The monoisotopic (exact) mass is 512 g/mol. The van der Waals surface area contributed by atoms with E-state index in [1.807, 2.05) is 0 Å². The SMILES string of the molecule is COC(=O)[C@]12CCC(C)(C)C[C@H]1[C@H]1C(=O)C=C3[C@@]4(C)CC[C@@]5(O)OCC[C@@]5(C)C4CC[C@@]3(C)[C@]1(C)CC2. The molecule has 0 radical (unpaired) electrons. The van der Waals surface area contributed by atoms with Crippen LogP contribution in [0, 0.1) is 50.2 Å². The smallest absolute Gasteiger partial charge is 0.312 e. The Balaban J connectivity index is 1.48. The summed E-state index contributed by atoms with van der Waals surface area (Å²) < 4.78 is 11.4. The fourth-order valence-corrected chi connectivity index (χ4v) is 11.4. The molecule has 0 aromatic heterocycles. The minimum atomic E-state index is -1.05. The molecular formula is C32H48O5. The molecule has 1 unspecified atom stereocenters. The summed E-state index contributed by atoms with van der Waals surface area (Å²) in [6.07, 6.45) is 10.9. The van der Waals surface area contributed by atoms with Crippen molar-refractivity contribution in [2.75, 3.05) is 13.7 Å². The number of ketones is 1. The lowest BCUT2D eigenvalue weighted by molar-refractivity contribution is -0.279. The first-order chi connectivity index (χ1) is 17.1. The number of methoxy groups -OCH3 is 1. The summed E-state index contributed by atoms with van der Waals surface area (Å²) in [5.41, 5.74) is 0.181. The minimum absolute atomic E-state index is 0.0206. The van der Waals surface area contributed by atoms with Gasteiger partial charge in [-0.05, 0) is 97.4 Å². The zero-order valence-electron chi connectivity index (χ0n) is 24.2. The van der Waals surface area contributed by atoms with Crippen LogP contribution in [0.1, 0.15) is 106 Å². The molecule has 9 atom stereocenters. The van der Waals surface area contributed by atoms with Gasteiger partial charge in [0.25, 0.3) is 0 Å². The van der Waals surface area contributed by atoms with Gasteiger partial charge in [-0.2, -0.15) is 0 Å². The average molecular weight is 513 g/mol. The normalized spacial score (nSPS) is 54.1. The highest BCUT2D eigenvalue weighted by Gasteiger charge is 2.73. The molecule has 1 saturated heterocycles. The summed E-state index contributed by atoms with van der Waals surface area (Å²) >= 11 is 0. The first-order valence-corrected chi connectivity index (χ1v) is 14.8. The number of esters is 1. The Morgan fingerprint density at radius 2 is 1.65 bits per heavy atom. The Bertz CT molecular complexity index is 1080. The lowest BCUT2D eigenvalue weighted by Gasteiger charge is -2.70.